The van der Waals surface area contributed by atoms with Crippen molar-refractivity contribution in [2.75, 3.05) is 11.9 Å². The van der Waals surface area contributed by atoms with Crippen LogP contribution in [-0.4, -0.2) is 22.7 Å². The first-order valence-corrected chi connectivity index (χ1v) is 7.00. The van der Waals surface area contributed by atoms with Gasteiger partial charge in [-0.15, -0.1) is 0 Å². The molecular formula is C15H20N2O2. The highest BCUT2D eigenvalue weighted by molar-refractivity contribution is 5.77. The molecule has 0 atom stereocenters. The summed E-state index contributed by atoms with van der Waals surface area (Å²) in [7, 11) is 0. The first-order valence-electron chi connectivity index (χ1n) is 7.00. The lowest BCUT2D eigenvalue weighted by molar-refractivity contribution is 0.111. The van der Waals surface area contributed by atoms with Crippen LogP contribution in [0.3, 0.4) is 0 Å². The third kappa shape index (κ3) is 2.89. The molecule has 4 nitrogen and oxygen atoms in total. The monoisotopic (exact) mass is 260 g/mol. The van der Waals surface area contributed by atoms with Gasteiger partial charge in [-0.3, -0.25) is 0 Å². The molecule has 0 unspecified atom stereocenters. The Labute approximate surface area is 112 Å². The summed E-state index contributed by atoms with van der Waals surface area (Å²) in [5.41, 5.74) is 2.83. The quantitative estimate of drug-likeness (QED) is 0.890. The van der Waals surface area contributed by atoms with Gasteiger partial charge in [0.2, 0.25) is 0 Å². The summed E-state index contributed by atoms with van der Waals surface area (Å²) in [4.78, 5) is 4.34. The Kier molecular flexibility index (Phi) is 3.42. The van der Waals surface area contributed by atoms with Gasteiger partial charge in [0.15, 0.2) is 11.5 Å². The van der Waals surface area contributed by atoms with Crippen LogP contribution in [0.4, 0.5) is 5.69 Å². The number of oxazole rings is 1. The lowest BCUT2D eigenvalue weighted by Crippen LogP contribution is -2.23. The van der Waals surface area contributed by atoms with Gasteiger partial charge in [0.1, 0.15) is 5.52 Å². The maximum atomic E-state index is 9.49. The van der Waals surface area contributed by atoms with Crippen molar-refractivity contribution in [3.05, 3.63) is 24.1 Å². The maximum Gasteiger partial charge on any atom is 0.192 e. The van der Waals surface area contributed by atoms with Gasteiger partial charge in [-0.05, 0) is 49.8 Å². The molecule has 0 saturated heterocycles. The first kappa shape index (κ1) is 12.5. The zero-order valence-corrected chi connectivity index (χ0v) is 11.2. The van der Waals surface area contributed by atoms with Gasteiger partial charge < -0.3 is 14.8 Å². The molecule has 1 aliphatic carbocycles. The van der Waals surface area contributed by atoms with Crippen LogP contribution in [0.5, 0.6) is 0 Å². The van der Waals surface area contributed by atoms with Gasteiger partial charge in [-0.25, -0.2) is 4.98 Å². The number of nitrogens with one attached hydrogen (secondary N) is 1. The van der Waals surface area contributed by atoms with Crippen LogP contribution >= 0.6 is 0 Å². The minimum atomic E-state index is -0.0781. The number of aromatic nitrogens is 1. The molecule has 3 rings (SSSR count). The van der Waals surface area contributed by atoms with Crippen LogP contribution in [0.1, 0.15) is 31.6 Å². The molecule has 0 spiro atoms. The standard InChI is InChI=1S/C15H20N2O2/c1-10-17-14-8-12(4-7-15(14)19-10)16-9-11-2-5-13(18)6-3-11/h4,7-8,11,13,16,18H,2-3,5-6,9H2,1H3. The van der Waals surface area contributed by atoms with E-state index in [9.17, 15) is 5.11 Å². The fourth-order valence-electron chi connectivity index (χ4n) is 2.76. The highest BCUT2D eigenvalue weighted by atomic mass is 16.3. The van der Waals surface area contributed by atoms with Crippen molar-refractivity contribution in [1.82, 2.24) is 4.98 Å². The Morgan fingerprint density at radius 3 is 2.89 bits per heavy atom. The Balaban J connectivity index is 1.61. The van der Waals surface area contributed by atoms with Crippen LogP contribution in [0, 0.1) is 12.8 Å². The second-order valence-corrected chi connectivity index (χ2v) is 5.47. The van der Waals surface area contributed by atoms with E-state index in [2.05, 4.69) is 10.3 Å². The molecule has 1 aliphatic rings. The molecule has 0 bridgehead atoms. The molecule has 4 heteroatoms. The van der Waals surface area contributed by atoms with Crippen molar-refractivity contribution in [2.45, 2.75) is 38.7 Å². The normalized spacial score (nSPS) is 23.7. The molecule has 0 radical (unpaired) electrons. The molecule has 1 fully saturated rings. The Morgan fingerprint density at radius 2 is 2.11 bits per heavy atom. The smallest absolute Gasteiger partial charge is 0.192 e. The number of hydrogen-bond donors (Lipinski definition) is 2. The van der Waals surface area contributed by atoms with Gasteiger partial charge >= 0.3 is 0 Å². The van der Waals surface area contributed by atoms with E-state index < -0.39 is 0 Å². The number of aryl methyl sites for hydroxylation is 1. The molecule has 1 saturated carbocycles. The third-order valence-electron chi connectivity index (χ3n) is 3.91. The first-order chi connectivity index (χ1) is 9.20. The van der Waals surface area contributed by atoms with Gasteiger partial charge in [0.05, 0.1) is 6.10 Å². The SMILES string of the molecule is Cc1nc2cc(NCC3CCC(O)CC3)ccc2o1. The average Bonchev–Trinajstić information content (AvgIpc) is 2.77. The minimum absolute atomic E-state index is 0.0781. The van der Waals surface area contributed by atoms with Gasteiger partial charge in [-0.2, -0.15) is 0 Å². The van der Waals surface area contributed by atoms with E-state index in [0.29, 0.717) is 11.8 Å². The molecule has 19 heavy (non-hydrogen) atoms. The second-order valence-electron chi connectivity index (χ2n) is 5.47. The topological polar surface area (TPSA) is 58.3 Å². The van der Waals surface area contributed by atoms with E-state index in [-0.39, 0.29) is 6.10 Å². The van der Waals surface area contributed by atoms with Crippen molar-refractivity contribution in [3.63, 3.8) is 0 Å². The molecule has 1 aromatic carbocycles. The molecule has 1 heterocycles. The van der Waals surface area contributed by atoms with Crippen LogP contribution in [0.15, 0.2) is 22.6 Å². The number of aliphatic hydroxyl groups excluding tert-OH is 1. The maximum absolute atomic E-state index is 9.49. The number of aliphatic hydroxyl groups is 1. The lowest BCUT2D eigenvalue weighted by atomic mass is 9.87. The van der Waals surface area contributed by atoms with Crippen LogP contribution in [0.2, 0.25) is 0 Å². The Morgan fingerprint density at radius 1 is 1.32 bits per heavy atom. The predicted octanol–water partition coefficient (Wildman–Crippen LogP) is 3.10. The van der Waals surface area contributed by atoms with E-state index in [4.69, 9.17) is 4.42 Å². The summed E-state index contributed by atoms with van der Waals surface area (Å²) in [5, 5.41) is 13.0. The summed E-state index contributed by atoms with van der Waals surface area (Å²) >= 11 is 0. The Hall–Kier alpha value is -1.55. The van der Waals surface area contributed by atoms with Crippen molar-refractivity contribution in [1.29, 1.82) is 0 Å². The molecular weight excluding hydrogens is 240 g/mol. The summed E-state index contributed by atoms with van der Waals surface area (Å²) in [6.45, 7) is 2.83. The van der Waals surface area contributed by atoms with Crippen molar-refractivity contribution < 1.29 is 9.52 Å². The zero-order valence-electron chi connectivity index (χ0n) is 11.2. The fraction of sp³-hybridized carbons (Fsp3) is 0.533. The number of rotatable bonds is 3. The highest BCUT2D eigenvalue weighted by Crippen LogP contribution is 2.25. The minimum Gasteiger partial charge on any atom is -0.441 e. The van der Waals surface area contributed by atoms with Crippen molar-refractivity contribution in [3.8, 4) is 0 Å². The summed E-state index contributed by atoms with van der Waals surface area (Å²) in [6.07, 6.45) is 4.02. The summed E-state index contributed by atoms with van der Waals surface area (Å²) < 4.78 is 5.46. The molecule has 0 amide bonds. The second kappa shape index (κ2) is 5.21. The van der Waals surface area contributed by atoms with Crippen molar-refractivity contribution >= 4 is 16.8 Å². The Bertz CT molecular complexity index is 556. The van der Waals surface area contributed by atoms with Crippen molar-refractivity contribution in [2.24, 2.45) is 5.92 Å². The average molecular weight is 260 g/mol. The molecule has 0 aliphatic heterocycles. The molecule has 2 N–H and O–H groups in total. The zero-order chi connectivity index (χ0) is 13.2. The van der Waals surface area contributed by atoms with E-state index >= 15 is 0 Å². The number of benzene rings is 1. The van der Waals surface area contributed by atoms with Gasteiger partial charge in [0, 0.05) is 19.2 Å². The third-order valence-corrected chi connectivity index (χ3v) is 3.91. The summed E-state index contributed by atoms with van der Waals surface area (Å²) in [6, 6.07) is 6.02. The number of hydrogen-bond acceptors (Lipinski definition) is 4. The highest BCUT2D eigenvalue weighted by Gasteiger charge is 2.18. The van der Waals surface area contributed by atoms with E-state index in [1.807, 2.05) is 25.1 Å². The van der Waals surface area contributed by atoms with E-state index in [0.717, 1.165) is 49.0 Å². The van der Waals surface area contributed by atoms with Crippen LogP contribution in [0.25, 0.3) is 11.1 Å². The number of fused-ring (bicyclic) bond motifs is 1. The molecule has 1 aromatic heterocycles. The molecule has 102 valence electrons. The predicted molar refractivity (Wildman–Crippen MR) is 75.2 cm³/mol. The molecule has 2 aromatic rings. The van der Waals surface area contributed by atoms with E-state index in [1.165, 1.54) is 0 Å². The largest absolute Gasteiger partial charge is 0.441 e. The number of anilines is 1. The van der Waals surface area contributed by atoms with Crippen LogP contribution in [-0.2, 0) is 0 Å². The van der Waals surface area contributed by atoms with Crippen LogP contribution < -0.4 is 5.32 Å². The summed E-state index contributed by atoms with van der Waals surface area (Å²) in [5.74, 6) is 1.37. The van der Waals surface area contributed by atoms with Gasteiger partial charge in [-0.1, -0.05) is 0 Å². The lowest BCUT2D eigenvalue weighted by Gasteiger charge is -2.25. The number of nitrogens with zero attached hydrogens (tertiary/aromatic N) is 1. The fourth-order valence-corrected chi connectivity index (χ4v) is 2.76. The van der Waals surface area contributed by atoms with E-state index in [1.54, 1.807) is 0 Å². The van der Waals surface area contributed by atoms with Gasteiger partial charge in [0.25, 0.3) is 0 Å².